The molecule has 0 saturated carbocycles. The number of furan rings is 1. The Morgan fingerprint density at radius 1 is 1.16 bits per heavy atom. The summed E-state index contributed by atoms with van der Waals surface area (Å²) in [7, 11) is 1.61. The lowest BCUT2D eigenvalue weighted by molar-refractivity contribution is -0.118. The van der Waals surface area contributed by atoms with E-state index in [2.05, 4.69) is 15.5 Å². The van der Waals surface area contributed by atoms with Gasteiger partial charge in [-0.15, -0.1) is 11.8 Å². The molecular formula is C23H20FN3O4S. The fraction of sp³-hybridized carbons (Fsp3) is 0.174. The van der Waals surface area contributed by atoms with E-state index in [1.54, 1.807) is 31.4 Å². The maximum absolute atomic E-state index is 13.4. The molecule has 1 N–H and O–H groups in total. The van der Waals surface area contributed by atoms with Gasteiger partial charge in [0.25, 0.3) is 5.89 Å². The van der Waals surface area contributed by atoms with Gasteiger partial charge in [-0.05, 0) is 42.0 Å². The topological polar surface area (TPSA) is 90.4 Å². The van der Waals surface area contributed by atoms with Crippen LogP contribution < -0.4 is 10.1 Å². The zero-order chi connectivity index (χ0) is 22.3. The number of benzene rings is 2. The molecule has 0 fully saturated rings. The number of amides is 1. The molecule has 0 aliphatic heterocycles. The molecule has 4 rings (SSSR count). The van der Waals surface area contributed by atoms with Crippen molar-refractivity contribution in [3.63, 3.8) is 0 Å². The monoisotopic (exact) mass is 453 g/mol. The van der Waals surface area contributed by atoms with E-state index in [9.17, 15) is 9.18 Å². The van der Waals surface area contributed by atoms with Crippen LogP contribution in [0, 0.1) is 5.82 Å². The average Bonchev–Trinajstić information content (AvgIpc) is 3.48. The normalized spacial score (nSPS) is 10.8. The number of halogens is 1. The van der Waals surface area contributed by atoms with Crippen LogP contribution in [-0.4, -0.2) is 28.9 Å². The van der Waals surface area contributed by atoms with Gasteiger partial charge in [0.1, 0.15) is 17.3 Å². The molecule has 2 heterocycles. The Labute approximate surface area is 188 Å². The summed E-state index contributed by atoms with van der Waals surface area (Å²) < 4.78 is 29.5. The van der Waals surface area contributed by atoms with Crippen molar-refractivity contribution in [2.24, 2.45) is 0 Å². The van der Waals surface area contributed by atoms with Gasteiger partial charge in [-0.2, -0.15) is 4.98 Å². The Hall–Kier alpha value is -3.59. The van der Waals surface area contributed by atoms with Crippen LogP contribution in [0.4, 0.5) is 4.39 Å². The number of rotatable bonds is 9. The van der Waals surface area contributed by atoms with Crippen LogP contribution in [0.3, 0.4) is 0 Å². The Bertz CT molecular complexity index is 1190. The number of hydrogen-bond donors (Lipinski definition) is 1. The third-order valence-electron chi connectivity index (χ3n) is 4.51. The number of carbonyl (C=O) groups excluding carboxylic acids is 1. The van der Waals surface area contributed by atoms with Gasteiger partial charge in [0, 0.05) is 12.1 Å². The number of nitrogens with one attached hydrogen (secondary N) is 1. The number of carbonyl (C=O) groups is 1. The summed E-state index contributed by atoms with van der Waals surface area (Å²) >= 11 is 1.43. The van der Waals surface area contributed by atoms with Crippen LogP contribution in [0.1, 0.15) is 11.3 Å². The Morgan fingerprint density at radius 2 is 2.00 bits per heavy atom. The molecule has 0 saturated heterocycles. The summed E-state index contributed by atoms with van der Waals surface area (Å²) in [6, 6.07) is 17.0. The van der Waals surface area contributed by atoms with Gasteiger partial charge in [-0.3, -0.25) is 4.79 Å². The summed E-state index contributed by atoms with van der Waals surface area (Å²) in [6.07, 6.45) is 0. The number of ether oxygens (including phenoxy) is 1. The highest BCUT2D eigenvalue weighted by Crippen LogP contribution is 2.26. The summed E-state index contributed by atoms with van der Waals surface area (Å²) in [5.74, 6) is 2.74. The highest BCUT2D eigenvalue weighted by molar-refractivity contribution is 7.99. The van der Waals surface area contributed by atoms with Crippen molar-refractivity contribution in [3.05, 3.63) is 77.8 Å². The Balaban J connectivity index is 1.25. The molecule has 0 bridgehead atoms. The second-order valence-electron chi connectivity index (χ2n) is 6.82. The van der Waals surface area contributed by atoms with E-state index in [0.29, 0.717) is 35.1 Å². The molecule has 0 atom stereocenters. The highest BCUT2D eigenvalue weighted by atomic mass is 32.2. The number of nitrogens with zero attached hydrogens (tertiary/aromatic N) is 2. The van der Waals surface area contributed by atoms with Gasteiger partial charge in [0.15, 0.2) is 5.76 Å². The van der Waals surface area contributed by atoms with E-state index in [1.807, 2.05) is 24.3 Å². The minimum Gasteiger partial charge on any atom is -0.497 e. The van der Waals surface area contributed by atoms with E-state index < -0.39 is 0 Å². The zero-order valence-corrected chi connectivity index (χ0v) is 18.0. The predicted octanol–water partition coefficient (Wildman–Crippen LogP) is 4.69. The molecule has 0 aliphatic carbocycles. The quantitative estimate of drug-likeness (QED) is 0.393. The lowest BCUT2D eigenvalue weighted by Crippen LogP contribution is -2.24. The number of thioether (sulfide) groups is 1. The SMILES string of the molecule is COc1ccc(CNC(=O)CSCc2ccc(-c3nc(-c4cccc(F)c4)no3)o2)cc1. The number of hydrogen-bond acceptors (Lipinski definition) is 7. The number of aromatic nitrogens is 2. The standard InChI is InChI=1S/C23H20FN3O4S/c1-29-18-7-5-15(6-8-18)12-25-21(28)14-32-13-19-9-10-20(30-19)23-26-22(27-31-23)16-3-2-4-17(24)11-16/h2-11H,12-14H2,1H3,(H,25,28). The molecule has 0 radical (unpaired) electrons. The molecule has 1 amide bonds. The maximum atomic E-state index is 13.4. The molecule has 2 aromatic carbocycles. The highest BCUT2D eigenvalue weighted by Gasteiger charge is 2.15. The first-order valence-corrected chi connectivity index (χ1v) is 10.9. The lowest BCUT2D eigenvalue weighted by Gasteiger charge is -2.06. The van der Waals surface area contributed by atoms with Crippen LogP contribution in [-0.2, 0) is 17.1 Å². The summed E-state index contributed by atoms with van der Waals surface area (Å²) in [4.78, 5) is 16.3. The van der Waals surface area contributed by atoms with E-state index in [0.717, 1.165) is 11.3 Å². The van der Waals surface area contributed by atoms with Crippen molar-refractivity contribution in [2.75, 3.05) is 12.9 Å². The van der Waals surface area contributed by atoms with Crippen LogP contribution in [0.25, 0.3) is 23.0 Å². The predicted molar refractivity (Wildman–Crippen MR) is 118 cm³/mol. The van der Waals surface area contributed by atoms with Crippen molar-refractivity contribution in [2.45, 2.75) is 12.3 Å². The smallest absolute Gasteiger partial charge is 0.293 e. The van der Waals surface area contributed by atoms with E-state index in [-0.39, 0.29) is 23.4 Å². The van der Waals surface area contributed by atoms with Gasteiger partial charge < -0.3 is 19.0 Å². The van der Waals surface area contributed by atoms with Gasteiger partial charge in [0.05, 0.1) is 18.6 Å². The first-order chi connectivity index (χ1) is 15.6. The third-order valence-corrected chi connectivity index (χ3v) is 5.46. The molecule has 9 heteroatoms. The molecule has 32 heavy (non-hydrogen) atoms. The molecule has 0 aliphatic rings. The molecule has 7 nitrogen and oxygen atoms in total. The van der Waals surface area contributed by atoms with E-state index in [4.69, 9.17) is 13.7 Å². The summed E-state index contributed by atoms with van der Waals surface area (Å²) in [5, 5.41) is 6.76. The van der Waals surface area contributed by atoms with Gasteiger partial charge in [-0.1, -0.05) is 29.4 Å². The van der Waals surface area contributed by atoms with Gasteiger partial charge in [0.2, 0.25) is 11.7 Å². The Kier molecular flexibility index (Phi) is 6.86. The average molecular weight is 453 g/mol. The molecule has 164 valence electrons. The van der Waals surface area contributed by atoms with Gasteiger partial charge in [-0.25, -0.2) is 4.39 Å². The zero-order valence-electron chi connectivity index (χ0n) is 17.2. The van der Waals surface area contributed by atoms with Crippen LogP contribution in [0.15, 0.2) is 69.6 Å². The number of methoxy groups -OCH3 is 1. The van der Waals surface area contributed by atoms with Crippen LogP contribution >= 0.6 is 11.8 Å². The van der Waals surface area contributed by atoms with Crippen molar-refractivity contribution in [3.8, 4) is 28.8 Å². The summed E-state index contributed by atoms with van der Waals surface area (Å²) in [5.41, 5.74) is 1.51. The minimum absolute atomic E-state index is 0.0609. The second kappa shape index (κ2) is 10.1. The van der Waals surface area contributed by atoms with Crippen molar-refractivity contribution >= 4 is 17.7 Å². The van der Waals surface area contributed by atoms with Crippen LogP contribution in [0.5, 0.6) is 5.75 Å². The second-order valence-corrected chi connectivity index (χ2v) is 7.80. The minimum atomic E-state index is -0.376. The van der Waals surface area contributed by atoms with Crippen molar-refractivity contribution < 1.29 is 22.9 Å². The van der Waals surface area contributed by atoms with E-state index in [1.165, 1.54) is 23.9 Å². The van der Waals surface area contributed by atoms with Crippen molar-refractivity contribution in [1.82, 2.24) is 15.5 Å². The first kappa shape index (κ1) is 21.6. The molecular weight excluding hydrogens is 433 g/mol. The molecule has 2 aromatic heterocycles. The van der Waals surface area contributed by atoms with Gasteiger partial charge >= 0.3 is 0 Å². The fourth-order valence-electron chi connectivity index (χ4n) is 2.88. The lowest BCUT2D eigenvalue weighted by atomic mass is 10.2. The largest absolute Gasteiger partial charge is 0.497 e. The van der Waals surface area contributed by atoms with Crippen LogP contribution in [0.2, 0.25) is 0 Å². The van der Waals surface area contributed by atoms with E-state index >= 15 is 0 Å². The third kappa shape index (κ3) is 5.55. The molecule has 0 spiro atoms. The maximum Gasteiger partial charge on any atom is 0.293 e. The van der Waals surface area contributed by atoms with Crippen molar-refractivity contribution in [1.29, 1.82) is 0 Å². The first-order valence-electron chi connectivity index (χ1n) is 9.77. The fourth-order valence-corrected chi connectivity index (χ4v) is 3.62. The summed E-state index contributed by atoms with van der Waals surface area (Å²) in [6.45, 7) is 0.457. The molecule has 4 aromatic rings. The molecule has 0 unspecified atom stereocenters. The Morgan fingerprint density at radius 3 is 2.78 bits per heavy atom.